The number of methoxy groups -OCH3 is 1. The molecule has 0 unspecified atom stereocenters. The van der Waals surface area contributed by atoms with Gasteiger partial charge >= 0.3 is 5.97 Å². The summed E-state index contributed by atoms with van der Waals surface area (Å²) >= 11 is 1.38. The van der Waals surface area contributed by atoms with E-state index in [0.717, 1.165) is 34.8 Å². The summed E-state index contributed by atoms with van der Waals surface area (Å²) in [5.41, 5.74) is 4.29. The van der Waals surface area contributed by atoms with Gasteiger partial charge in [0.1, 0.15) is 4.88 Å². The highest BCUT2D eigenvalue weighted by atomic mass is 32.1. The molecule has 0 bridgehead atoms. The lowest BCUT2D eigenvalue weighted by atomic mass is 10.1. The smallest absolute Gasteiger partial charge is 0.349 e. The van der Waals surface area contributed by atoms with E-state index in [1.165, 1.54) is 24.0 Å². The summed E-state index contributed by atoms with van der Waals surface area (Å²) in [7, 11) is 1.41. The van der Waals surface area contributed by atoms with Crippen LogP contribution in [-0.4, -0.2) is 22.5 Å². The van der Waals surface area contributed by atoms with Crippen LogP contribution < -0.4 is 0 Å². The molecular weight excluding hydrogens is 296 g/mol. The molecule has 0 fully saturated rings. The summed E-state index contributed by atoms with van der Waals surface area (Å²) in [6.45, 7) is 4.17. The highest BCUT2D eigenvalue weighted by molar-refractivity contribution is 7.19. The number of carbonyl (C=O) groups is 1. The molecule has 3 rings (SSSR count). The van der Waals surface area contributed by atoms with Crippen molar-refractivity contribution in [2.45, 2.75) is 26.7 Å². The molecule has 0 saturated carbocycles. The van der Waals surface area contributed by atoms with Gasteiger partial charge in [0.2, 0.25) is 0 Å². The maximum atomic E-state index is 11.8. The van der Waals surface area contributed by atoms with Crippen LogP contribution in [0.15, 0.2) is 30.5 Å². The number of benzene rings is 1. The number of aryl methyl sites for hydroxylation is 2. The number of ether oxygens (including phenoxy) is 1. The Kier molecular flexibility index (Phi) is 3.98. The molecule has 3 aromatic rings. The number of fused-ring (bicyclic) bond motifs is 1. The number of hydrogen-bond donors (Lipinski definition) is 0. The number of imidazole rings is 1. The third-order valence-corrected chi connectivity index (χ3v) is 4.86. The van der Waals surface area contributed by atoms with Gasteiger partial charge in [0, 0.05) is 17.5 Å². The highest BCUT2D eigenvalue weighted by Gasteiger charge is 2.20. The molecular formula is C17H18N2O2S. The van der Waals surface area contributed by atoms with Gasteiger partial charge in [-0.2, -0.15) is 0 Å². The maximum absolute atomic E-state index is 11.8. The van der Waals surface area contributed by atoms with Crippen molar-refractivity contribution < 1.29 is 9.53 Å². The SMILES string of the molecule is CCc1ccc(-c2cn3c(CC)c(C(=O)OC)sc3n2)cc1. The minimum absolute atomic E-state index is 0.291. The van der Waals surface area contributed by atoms with E-state index in [4.69, 9.17) is 4.74 Å². The first-order valence-corrected chi connectivity index (χ1v) is 8.18. The summed E-state index contributed by atoms with van der Waals surface area (Å²) in [5, 5.41) is 0. The van der Waals surface area contributed by atoms with Gasteiger partial charge in [0.25, 0.3) is 0 Å². The van der Waals surface area contributed by atoms with Gasteiger partial charge in [-0.25, -0.2) is 9.78 Å². The largest absolute Gasteiger partial charge is 0.465 e. The van der Waals surface area contributed by atoms with Crippen molar-refractivity contribution in [2.75, 3.05) is 7.11 Å². The van der Waals surface area contributed by atoms with E-state index in [-0.39, 0.29) is 5.97 Å². The van der Waals surface area contributed by atoms with E-state index in [2.05, 4.69) is 36.2 Å². The molecule has 4 nitrogen and oxygen atoms in total. The van der Waals surface area contributed by atoms with Gasteiger partial charge in [0.15, 0.2) is 4.96 Å². The van der Waals surface area contributed by atoms with Gasteiger partial charge in [0.05, 0.1) is 12.8 Å². The first kappa shape index (κ1) is 14.8. The number of carbonyl (C=O) groups excluding carboxylic acids is 1. The molecule has 2 heterocycles. The van der Waals surface area contributed by atoms with Crippen LogP contribution >= 0.6 is 11.3 Å². The Morgan fingerprint density at radius 2 is 1.95 bits per heavy atom. The van der Waals surface area contributed by atoms with Crippen molar-refractivity contribution in [1.82, 2.24) is 9.38 Å². The molecule has 0 N–H and O–H groups in total. The van der Waals surface area contributed by atoms with E-state index in [1.807, 2.05) is 17.5 Å². The van der Waals surface area contributed by atoms with Crippen molar-refractivity contribution >= 4 is 22.3 Å². The lowest BCUT2D eigenvalue weighted by Crippen LogP contribution is -2.03. The molecule has 114 valence electrons. The second kappa shape index (κ2) is 5.93. The number of rotatable bonds is 4. The molecule has 22 heavy (non-hydrogen) atoms. The second-order valence-electron chi connectivity index (χ2n) is 5.05. The quantitative estimate of drug-likeness (QED) is 0.684. The lowest BCUT2D eigenvalue weighted by Gasteiger charge is -2.01. The number of esters is 1. The minimum atomic E-state index is -0.291. The van der Waals surface area contributed by atoms with Crippen molar-refractivity contribution in [2.24, 2.45) is 0 Å². The molecule has 1 aromatic carbocycles. The lowest BCUT2D eigenvalue weighted by molar-refractivity contribution is 0.0604. The zero-order chi connectivity index (χ0) is 15.7. The van der Waals surface area contributed by atoms with Crippen molar-refractivity contribution in [1.29, 1.82) is 0 Å². The Hall–Kier alpha value is -2.14. The standard InChI is InChI=1S/C17H18N2O2S/c1-4-11-6-8-12(9-7-11)13-10-19-14(5-2)15(16(20)21-3)22-17(19)18-13/h6-10H,4-5H2,1-3H3. The number of aromatic nitrogens is 2. The Morgan fingerprint density at radius 3 is 2.55 bits per heavy atom. The fourth-order valence-electron chi connectivity index (χ4n) is 2.52. The number of hydrogen-bond acceptors (Lipinski definition) is 4. The zero-order valence-corrected chi connectivity index (χ0v) is 13.7. The summed E-state index contributed by atoms with van der Waals surface area (Å²) in [6, 6.07) is 8.45. The summed E-state index contributed by atoms with van der Waals surface area (Å²) in [5.74, 6) is -0.291. The molecule has 0 amide bonds. The van der Waals surface area contributed by atoms with Gasteiger partial charge in [-0.05, 0) is 18.4 Å². The van der Waals surface area contributed by atoms with Crippen LogP contribution in [0, 0.1) is 0 Å². The predicted octanol–water partition coefficient (Wildman–Crippen LogP) is 3.97. The maximum Gasteiger partial charge on any atom is 0.349 e. The van der Waals surface area contributed by atoms with E-state index in [1.54, 1.807) is 0 Å². The topological polar surface area (TPSA) is 43.6 Å². The Balaban J connectivity index is 2.06. The van der Waals surface area contributed by atoms with Gasteiger partial charge in [-0.15, -0.1) is 0 Å². The van der Waals surface area contributed by atoms with Crippen molar-refractivity contribution in [3.8, 4) is 11.3 Å². The predicted molar refractivity (Wildman–Crippen MR) is 88.6 cm³/mol. The van der Waals surface area contributed by atoms with Crippen LogP contribution in [0.1, 0.15) is 34.8 Å². The molecule has 0 aliphatic carbocycles. The van der Waals surface area contributed by atoms with Crippen LogP contribution in [0.2, 0.25) is 0 Å². The normalized spacial score (nSPS) is 11.0. The average Bonchev–Trinajstić information content (AvgIpc) is 3.11. The molecule has 0 saturated heterocycles. The monoisotopic (exact) mass is 314 g/mol. The van der Waals surface area contributed by atoms with Crippen LogP contribution in [-0.2, 0) is 17.6 Å². The zero-order valence-electron chi connectivity index (χ0n) is 12.9. The molecule has 0 spiro atoms. The van der Waals surface area contributed by atoms with Gasteiger partial charge < -0.3 is 4.74 Å². The van der Waals surface area contributed by atoms with Crippen molar-refractivity contribution in [3.63, 3.8) is 0 Å². The summed E-state index contributed by atoms with van der Waals surface area (Å²) in [4.78, 5) is 18.0. The Morgan fingerprint density at radius 1 is 1.23 bits per heavy atom. The Bertz CT molecular complexity index is 815. The fraction of sp³-hybridized carbons (Fsp3) is 0.294. The summed E-state index contributed by atoms with van der Waals surface area (Å²) < 4.78 is 6.85. The Labute approximate surface area is 133 Å². The van der Waals surface area contributed by atoms with Gasteiger partial charge in [-0.3, -0.25) is 4.40 Å². The van der Waals surface area contributed by atoms with E-state index < -0.39 is 0 Å². The molecule has 2 aromatic heterocycles. The van der Waals surface area contributed by atoms with Crippen LogP contribution in [0.3, 0.4) is 0 Å². The molecule has 0 atom stereocenters. The summed E-state index contributed by atoms with van der Waals surface area (Å²) in [6.07, 6.45) is 3.79. The molecule has 0 radical (unpaired) electrons. The van der Waals surface area contributed by atoms with E-state index in [0.29, 0.717) is 4.88 Å². The first-order valence-electron chi connectivity index (χ1n) is 7.36. The van der Waals surface area contributed by atoms with E-state index >= 15 is 0 Å². The van der Waals surface area contributed by atoms with Crippen LogP contribution in [0.5, 0.6) is 0 Å². The number of thiazole rings is 1. The molecule has 0 aliphatic heterocycles. The van der Waals surface area contributed by atoms with Crippen LogP contribution in [0.4, 0.5) is 0 Å². The third-order valence-electron chi connectivity index (χ3n) is 3.78. The molecule has 5 heteroatoms. The second-order valence-corrected chi connectivity index (χ2v) is 6.03. The number of nitrogens with zero attached hydrogens (tertiary/aromatic N) is 2. The van der Waals surface area contributed by atoms with E-state index in [9.17, 15) is 4.79 Å². The minimum Gasteiger partial charge on any atom is -0.465 e. The average molecular weight is 314 g/mol. The first-order chi connectivity index (χ1) is 10.7. The fourth-order valence-corrected chi connectivity index (χ4v) is 3.64. The third kappa shape index (κ3) is 2.41. The highest BCUT2D eigenvalue weighted by Crippen LogP contribution is 2.28. The van der Waals surface area contributed by atoms with Gasteiger partial charge in [-0.1, -0.05) is 49.4 Å². The van der Waals surface area contributed by atoms with Crippen LogP contribution in [0.25, 0.3) is 16.2 Å². The van der Waals surface area contributed by atoms with Crippen molar-refractivity contribution in [3.05, 3.63) is 46.6 Å². The molecule has 0 aliphatic rings.